The van der Waals surface area contributed by atoms with E-state index in [1.54, 1.807) is 18.2 Å². The van der Waals surface area contributed by atoms with E-state index in [-0.39, 0.29) is 23.8 Å². The molecule has 1 aromatic heterocycles. The van der Waals surface area contributed by atoms with Gasteiger partial charge in [0.15, 0.2) is 5.82 Å². The number of para-hydroxylation sites is 1. The third-order valence-electron chi connectivity index (χ3n) is 5.18. The molecule has 1 saturated heterocycles. The Kier molecular flexibility index (Phi) is 4.03. The maximum absolute atomic E-state index is 14.0. The lowest BCUT2D eigenvalue weighted by atomic mass is 10.1. The minimum atomic E-state index is -0.377. The zero-order valence-corrected chi connectivity index (χ0v) is 14.4. The number of hydrogen-bond donors (Lipinski definition) is 0. The molecule has 0 unspecified atom stereocenters. The summed E-state index contributed by atoms with van der Waals surface area (Å²) in [6, 6.07) is 5.88. The highest BCUT2D eigenvalue weighted by molar-refractivity contribution is 5.99. The number of anilines is 1. The number of amides is 1. The summed E-state index contributed by atoms with van der Waals surface area (Å²) >= 11 is 0. The summed E-state index contributed by atoms with van der Waals surface area (Å²) in [5, 5.41) is 4.04. The van der Waals surface area contributed by atoms with Crippen LogP contribution in [0.1, 0.15) is 49.9 Å². The number of carbonyl (C=O) groups excluding carboxylic acids is 1. The first-order valence-corrected chi connectivity index (χ1v) is 8.67. The Morgan fingerprint density at radius 1 is 1.32 bits per heavy atom. The summed E-state index contributed by atoms with van der Waals surface area (Å²) in [6.45, 7) is 2.45. The number of aromatic nitrogens is 2. The van der Waals surface area contributed by atoms with E-state index in [4.69, 9.17) is 4.52 Å². The lowest BCUT2D eigenvalue weighted by molar-refractivity contribution is -0.122. The summed E-state index contributed by atoms with van der Waals surface area (Å²) in [5.41, 5.74) is 0.338. The molecule has 1 aliphatic carbocycles. The van der Waals surface area contributed by atoms with E-state index in [1.807, 2.05) is 18.9 Å². The van der Waals surface area contributed by atoms with Gasteiger partial charge in [0, 0.05) is 12.5 Å². The molecule has 0 bridgehead atoms. The van der Waals surface area contributed by atoms with Gasteiger partial charge in [0.05, 0.1) is 17.8 Å². The van der Waals surface area contributed by atoms with Gasteiger partial charge in [0.1, 0.15) is 5.82 Å². The van der Waals surface area contributed by atoms with Crippen molar-refractivity contribution in [1.29, 1.82) is 0 Å². The highest BCUT2D eigenvalue weighted by atomic mass is 19.1. The summed E-state index contributed by atoms with van der Waals surface area (Å²) in [4.78, 5) is 20.7. The third-order valence-corrected chi connectivity index (χ3v) is 5.18. The van der Waals surface area contributed by atoms with Crippen LogP contribution in [0.15, 0.2) is 28.8 Å². The molecule has 7 heteroatoms. The van der Waals surface area contributed by atoms with Gasteiger partial charge in [-0.25, -0.2) is 4.39 Å². The van der Waals surface area contributed by atoms with E-state index in [9.17, 15) is 9.18 Å². The van der Waals surface area contributed by atoms with E-state index < -0.39 is 0 Å². The zero-order chi connectivity index (χ0) is 17.6. The number of benzene rings is 1. The molecule has 1 aromatic carbocycles. The molecule has 1 saturated carbocycles. The SMILES string of the molecule is C[C@H](c1nc(C2CC2)no1)N(C)[C@H]1CCN(c2ccccc2F)C1=O. The predicted octanol–water partition coefficient (Wildman–Crippen LogP) is 2.88. The lowest BCUT2D eigenvalue weighted by Gasteiger charge is -2.27. The molecule has 2 aliphatic rings. The van der Waals surface area contributed by atoms with E-state index in [0.717, 1.165) is 18.7 Å². The predicted molar refractivity (Wildman–Crippen MR) is 89.6 cm³/mol. The van der Waals surface area contributed by atoms with Gasteiger partial charge in [-0.05, 0) is 45.4 Å². The van der Waals surface area contributed by atoms with Gasteiger partial charge in [-0.3, -0.25) is 9.69 Å². The molecule has 132 valence electrons. The average Bonchev–Trinajstić information content (AvgIpc) is 3.22. The Hall–Kier alpha value is -2.28. The first-order chi connectivity index (χ1) is 12.1. The molecule has 2 aromatic rings. The van der Waals surface area contributed by atoms with Crippen LogP contribution in [-0.4, -0.2) is 40.6 Å². The molecule has 2 heterocycles. The van der Waals surface area contributed by atoms with Gasteiger partial charge in [0.25, 0.3) is 0 Å². The van der Waals surface area contributed by atoms with Gasteiger partial charge in [-0.15, -0.1) is 0 Å². The van der Waals surface area contributed by atoms with Crippen molar-refractivity contribution in [3.63, 3.8) is 0 Å². The number of hydrogen-bond acceptors (Lipinski definition) is 5. The topological polar surface area (TPSA) is 62.5 Å². The number of halogens is 1. The van der Waals surface area contributed by atoms with Gasteiger partial charge in [-0.2, -0.15) is 4.98 Å². The normalized spacial score (nSPS) is 22.0. The minimum absolute atomic E-state index is 0.0959. The Labute approximate surface area is 145 Å². The maximum Gasteiger partial charge on any atom is 0.244 e. The van der Waals surface area contributed by atoms with Crippen LogP contribution >= 0.6 is 0 Å². The van der Waals surface area contributed by atoms with Crippen LogP contribution in [-0.2, 0) is 4.79 Å². The molecule has 25 heavy (non-hydrogen) atoms. The molecule has 6 nitrogen and oxygen atoms in total. The lowest BCUT2D eigenvalue weighted by Crippen LogP contribution is -2.41. The molecule has 2 fully saturated rings. The summed E-state index contributed by atoms with van der Waals surface area (Å²) in [6.07, 6.45) is 2.86. The molecule has 1 amide bonds. The van der Waals surface area contributed by atoms with E-state index in [0.29, 0.717) is 30.5 Å². The van der Waals surface area contributed by atoms with Gasteiger partial charge in [-0.1, -0.05) is 17.3 Å². The van der Waals surface area contributed by atoms with Crippen LogP contribution in [0.2, 0.25) is 0 Å². The van der Waals surface area contributed by atoms with E-state index in [1.165, 1.54) is 11.0 Å². The molecule has 0 N–H and O–H groups in total. The van der Waals surface area contributed by atoms with Crippen molar-refractivity contribution in [3.8, 4) is 0 Å². The Bertz CT molecular complexity index is 789. The smallest absolute Gasteiger partial charge is 0.244 e. The van der Waals surface area contributed by atoms with Crippen LogP contribution in [0.5, 0.6) is 0 Å². The standard InChI is InChI=1S/C18H21FN4O2/c1-11(17-20-16(21-25-17)12-7-8-12)22(2)15-9-10-23(18(15)24)14-6-4-3-5-13(14)19/h3-6,11-12,15H,7-10H2,1-2H3/t11-,15+/m1/s1. The van der Waals surface area contributed by atoms with Crippen molar-refractivity contribution in [1.82, 2.24) is 15.0 Å². The van der Waals surface area contributed by atoms with E-state index >= 15 is 0 Å². The van der Waals surface area contributed by atoms with Crippen LogP contribution in [0.4, 0.5) is 10.1 Å². The second kappa shape index (κ2) is 6.22. The summed E-state index contributed by atoms with van der Waals surface area (Å²) in [7, 11) is 1.87. The van der Waals surface area contributed by atoms with Crippen LogP contribution in [0.25, 0.3) is 0 Å². The second-order valence-corrected chi connectivity index (χ2v) is 6.85. The first kappa shape index (κ1) is 16.2. The highest BCUT2D eigenvalue weighted by Crippen LogP contribution is 2.39. The highest BCUT2D eigenvalue weighted by Gasteiger charge is 2.39. The second-order valence-electron chi connectivity index (χ2n) is 6.85. The summed E-state index contributed by atoms with van der Waals surface area (Å²) in [5.74, 6) is 1.25. The molecular formula is C18H21FN4O2. The van der Waals surface area contributed by atoms with Crippen molar-refractivity contribution in [2.75, 3.05) is 18.5 Å². The largest absolute Gasteiger partial charge is 0.338 e. The fraction of sp³-hybridized carbons (Fsp3) is 0.500. The van der Waals surface area contributed by atoms with Crippen LogP contribution in [0, 0.1) is 5.82 Å². The number of rotatable bonds is 5. The van der Waals surface area contributed by atoms with Crippen LogP contribution in [0.3, 0.4) is 0 Å². The van der Waals surface area contributed by atoms with Gasteiger partial charge >= 0.3 is 0 Å². The summed E-state index contributed by atoms with van der Waals surface area (Å²) < 4.78 is 19.4. The molecular weight excluding hydrogens is 323 g/mol. The molecule has 2 atom stereocenters. The molecule has 4 rings (SSSR count). The Morgan fingerprint density at radius 2 is 2.08 bits per heavy atom. The first-order valence-electron chi connectivity index (χ1n) is 8.67. The molecule has 0 spiro atoms. The fourth-order valence-corrected chi connectivity index (χ4v) is 3.32. The molecule has 0 radical (unpaired) electrons. The van der Waals surface area contributed by atoms with Crippen molar-refractivity contribution >= 4 is 11.6 Å². The van der Waals surface area contributed by atoms with Crippen LogP contribution < -0.4 is 4.90 Å². The monoisotopic (exact) mass is 344 g/mol. The quantitative estimate of drug-likeness (QED) is 0.835. The van der Waals surface area contributed by atoms with Crippen molar-refractivity contribution in [2.45, 2.75) is 44.2 Å². The average molecular weight is 344 g/mol. The zero-order valence-electron chi connectivity index (χ0n) is 14.4. The number of carbonyl (C=O) groups is 1. The Morgan fingerprint density at radius 3 is 2.80 bits per heavy atom. The van der Waals surface area contributed by atoms with Gasteiger partial charge < -0.3 is 9.42 Å². The number of nitrogens with zero attached hydrogens (tertiary/aromatic N) is 4. The third kappa shape index (κ3) is 2.93. The van der Waals surface area contributed by atoms with E-state index in [2.05, 4.69) is 10.1 Å². The molecule has 1 aliphatic heterocycles. The van der Waals surface area contributed by atoms with Crippen molar-refractivity contribution in [2.24, 2.45) is 0 Å². The van der Waals surface area contributed by atoms with Crippen molar-refractivity contribution < 1.29 is 13.7 Å². The van der Waals surface area contributed by atoms with Gasteiger partial charge in [0.2, 0.25) is 11.8 Å². The minimum Gasteiger partial charge on any atom is -0.338 e. The Balaban J connectivity index is 1.49. The maximum atomic E-state index is 14.0. The number of likely N-dealkylation sites (N-methyl/N-ethyl adjacent to an activating group) is 1. The van der Waals surface area contributed by atoms with Crippen molar-refractivity contribution in [3.05, 3.63) is 41.8 Å². The fourth-order valence-electron chi connectivity index (χ4n) is 3.32.